The van der Waals surface area contributed by atoms with Gasteiger partial charge in [-0.3, -0.25) is 0 Å². The molecule has 20 heavy (non-hydrogen) atoms. The second kappa shape index (κ2) is 6.85. The molecule has 2 aromatic rings. The van der Waals surface area contributed by atoms with Crippen molar-refractivity contribution in [3.05, 3.63) is 39.6 Å². The highest BCUT2D eigenvalue weighted by Crippen LogP contribution is 2.26. The summed E-state index contributed by atoms with van der Waals surface area (Å²) in [6, 6.07) is 4.07. The van der Waals surface area contributed by atoms with E-state index in [0.717, 1.165) is 22.5 Å². The molecule has 0 bridgehead atoms. The summed E-state index contributed by atoms with van der Waals surface area (Å²) < 4.78 is 8.70. The molecule has 1 N–H and O–H groups in total. The summed E-state index contributed by atoms with van der Waals surface area (Å²) in [6.45, 7) is 6.11. The van der Waals surface area contributed by atoms with E-state index in [1.54, 1.807) is 4.68 Å². The number of benzene rings is 1. The number of hydrogen-bond donors (Lipinski definition) is 1. The molecule has 1 heterocycles. The summed E-state index contributed by atoms with van der Waals surface area (Å²) in [5.41, 5.74) is 3.29. The number of halogens is 1. The molecular formula is C14H19BrN4O. The largest absolute Gasteiger partial charge is 0.492 e. The summed E-state index contributed by atoms with van der Waals surface area (Å²) in [4.78, 5) is 0. The van der Waals surface area contributed by atoms with Crippen molar-refractivity contribution in [3.63, 3.8) is 0 Å². The van der Waals surface area contributed by atoms with Crippen LogP contribution in [0, 0.1) is 13.8 Å². The minimum Gasteiger partial charge on any atom is -0.492 e. The Morgan fingerprint density at radius 1 is 1.30 bits per heavy atom. The van der Waals surface area contributed by atoms with Gasteiger partial charge in [-0.1, -0.05) is 21.1 Å². The molecule has 0 aliphatic rings. The Bertz CT molecular complexity index is 559. The van der Waals surface area contributed by atoms with E-state index in [0.29, 0.717) is 13.2 Å². The summed E-state index contributed by atoms with van der Waals surface area (Å²) in [5.74, 6) is 0.888. The molecule has 2 rings (SSSR count). The molecule has 0 aliphatic carbocycles. The molecule has 0 fully saturated rings. The molecule has 6 heteroatoms. The van der Waals surface area contributed by atoms with Gasteiger partial charge in [0.1, 0.15) is 12.4 Å². The second-order valence-corrected chi connectivity index (χ2v) is 5.52. The van der Waals surface area contributed by atoms with Crippen LogP contribution < -0.4 is 10.1 Å². The topological polar surface area (TPSA) is 52.0 Å². The van der Waals surface area contributed by atoms with Crippen molar-refractivity contribution in [2.24, 2.45) is 0 Å². The number of nitrogens with zero attached hydrogens (tertiary/aromatic N) is 3. The molecule has 0 spiro atoms. The fourth-order valence-corrected chi connectivity index (χ4v) is 2.19. The van der Waals surface area contributed by atoms with Gasteiger partial charge in [-0.05, 0) is 44.2 Å². The van der Waals surface area contributed by atoms with Gasteiger partial charge in [0.05, 0.1) is 12.2 Å². The average molecular weight is 339 g/mol. The van der Waals surface area contributed by atoms with Crippen molar-refractivity contribution in [1.82, 2.24) is 20.3 Å². The van der Waals surface area contributed by atoms with Crippen LogP contribution in [-0.2, 0) is 13.1 Å². The fourth-order valence-electron chi connectivity index (χ4n) is 1.96. The molecule has 1 aromatic heterocycles. The Hall–Kier alpha value is -1.40. The smallest absolute Gasteiger partial charge is 0.119 e. The van der Waals surface area contributed by atoms with Crippen LogP contribution in [-0.4, -0.2) is 28.6 Å². The van der Waals surface area contributed by atoms with E-state index in [1.807, 2.05) is 25.4 Å². The molecule has 0 aliphatic heterocycles. The summed E-state index contributed by atoms with van der Waals surface area (Å²) in [5, 5.41) is 11.2. The Morgan fingerprint density at radius 3 is 2.65 bits per heavy atom. The standard InChI is InChI=1S/C14H19BrN4O/c1-10-6-13(7-11(2)14(10)15)20-5-4-19-9-12(8-16-3)17-18-19/h6-7,9,16H,4-5,8H2,1-3H3. The van der Waals surface area contributed by atoms with Gasteiger partial charge in [0.25, 0.3) is 0 Å². The number of nitrogens with one attached hydrogen (secondary N) is 1. The van der Waals surface area contributed by atoms with E-state index in [1.165, 1.54) is 11.1 Å². The van der Waals surface area contributed by atoms with E-state index in [9.17, 15) is 0 Å². The molecule has 0 unspecified atom stereocenters. The predicted octanol–water partition coefficient (Wildman–Crippen LogP) is 2.46. The zero-order chi connectivity index (χ0) is 14.5. The van der Waals surface area contributed by atoms with Crippen molar-refractivity contribution >= 4 is 15.9 Å². The quantitative estimate of drug-likeness (QED) is 0.878. The first kappa shape index (κ1) is 15.0. The van der Waals surface area contributed by atoms with Crippen LogP contribution in [0.4, 0.5) is 0 Å². The molecule has 1 aromatic carbocycles. The highest BCUT2D eigenvalue weighted by molar-refractivity contribution is 9.10. The van der Waals surface area contributed by atoms with Crippen LogP contribution in [0.3, 0.4) is 0 Å². The van der Waals surface area contributed by atoms with Crippen LogP contribution >= 0.6 is 15.9 Å². The van der Waals surface area contributed by atoms with Crippen molar-refractivity contribution in [2.45, 2.75) is 26.9 Å². The first-order chi connectivity index (χ1) is 9.60. The van der Waals surface area contributed by atoms with E-state index in [4.69, 9.17) is 4.74 Å². The number of hydrogen-bond acceptors (Lipinski definition) is 4. The van der Waals surface area contributed by atoms with Gasteiger partial charge in [-0.25, -0.2) is 4.68 Å². The lowest BCUT2D eigenvalue weighted by Crippen LogP contribution is -2.09. The zero-order valence-electron chi connectivity index (χ0n) is 12.0. The maximum Gasteiger partial charge on any atom is 0.119 e. The minimum absolute atomic E-state index is 0.572. The van der Waals surface area contributed by atoms with Gasteiger partial charge in [0, 0.05) is 17.2 Å². The normalized spacial score (nSPS) is 10.8. The lowest BCUT2D eigenvalue weighted by molar-refractivity contribution is 0.289. The molecule has 108 valence electrons. The monoisotopic (exact) mass is 338 g/mol. The average Bonchev–Trinajstić information content (AvgIpc) is 2.84. The van der Waals surface area contributed by atoms with Crippen LogP contribution in [0.2, 0.25) is 0 Å². The van der Waals surface area contributed by atoms with Gasteiger partial charge < -0.3 is 10.1 Å². The van der Waals surface area contributed by atoms with Crippen molar-refractivity contribution in [2.75, 3.05) is 13.7 Å². The molecule has 0 saturated carbocycles. The molecule has 0 saturated heterocycles. The second-order valence-electron chi connectivity index (χ2n) is 4.72. The summed E-state index contributed by atoms with van der Waals surface area (Å²) in [7, 11) is 1.89. The molecule has 5 nitrogen and oxygen atoms in total. The highest BCUT2D eigenvalue weighted by Gasteiger charge is 2.04. The van der Waals surface area contributed by atoms with Gasteiger partial charge >= 0.3 is 0 Å². The Labute approximate surface area is 127 Å². The lowest BCUT2D eigenvalue weighted by atomic mass is 10.1. The third-order valence-corrected chi connectivity index (χ3v) is 4.19. The van der Waals surface area contributed by atoms with Crippen LogP contribution in [0.1, 0.15) is 16.8 Å². The van der Waals surface area contributed by atoms with Crippen molar-refractivity contribution in [1.29, 1.82) is 0 Å². The SMILES string of the molecule is CNCc1cn(CCOc2cc(C)c(Br)c(C)c2)nn1. The zero-order valence-corrected chi connectivity index (χ0v) is 13.6. The van der Waals surface area contributed by atoms with Gasteiger partial charge in [0.15, 0.2) is 0 Å². The first-order valence-electron chi connectivity index (χ1n) is 6.53. The summed E-state index contributed by atoms with van der Waals surface area (Å²) in [6.07, 6.45) is 1.93. The number of rotatable bonds is 6. The Morgan fingerprint density at radius 2 is 2.00 bits per heavy atom. The van der Waals surface area contributed by atoms with E-state index >= 15 is 0 Å². The van der Waals surface area contributed by atoms with E-state index in [2.05, 4.69) is 45.4 Å². The lowest BCUT2D eigenvalue weighted by Gasteiger charge is -2.10. The third kappa shape index (κ3) is 3.80. The predicted molar refractivity (Wildman–Crippen MR) is 81.9 cm³/mol. The molecule has 0 atom stereocenters. The minimum atomic E-state index is 0.572. The van der Waals surface area contributed by atoms with Gasteiger partial charge in [-0.15, -0.1) is 5.10 Å². The van der Waals surface area contributed by atoms with E-state index in [-0.39, 0.29) is 0 Å². The van der Waals surface area contributed by atoms with Crippen molar-refractivity contribution in [3.8, 4) is 5.75 Å². The maximum atomic E-state index is 5.77. The van der Waals surface area contributed by atoms with Crippen molar-refractivity contribution < 1.29 is 4.74 Å². The third-order valence-electron chi connectivity index (χ3n) is 2.94. The Balaban J connectivity index is 1.89. The number of aromatic nitrogens is 3. The summed E-state index contributed by atoms with van der Waals surface area (Å²) >= 11 is 3.55. The molecule has 0 amide bonds. The van der Waals surface area contributed by atoms with Crippen LogP contribution in [0.25, 0.3) is 0 Å². The fraction of sp³-hybridized carbons (Fsp3) is 0.429. The van der Waals surface area contributed by atoms with Crippen LogP contribution in [0.15, 0.2) is 22.8 Å². The van der Waals surface area contributed by atoms with Crippen LogP contribution in [0.5, 0.6) is 5.75 Å². The molecular weight excluding hydrogens is 320 g/mol. The van der Waals surface area contributed by atoms with E-state index < -0.39 is 0 Å². The first-order valence-corrected chi connectivity index (χ1v) is 7.32. The number of ether oxygens (including phenoxy) is 1. The Kier molecular flexibility index (Phi) is 5.14. The van der Waals surface area contributed by atoms with Gasteiger partial charge in [0.2, 0.25) is 0 Å². The number of aryl methyl sites for hydroxylation is 2. The maximum absolute atomic E-state index is 5.77. The molecule has 0 radical (unpaired) electrons. The van der Waals surface area contributed by atoms with Gasteiger partial charge in [-0.2, -0.15) is 0 Å². The highest BCUT2D eigenvalue weighted by atomic mass is 79.9.